The molecule has 0 heterocycles. The number of Topliss-reactive ketones (excluding diaryl/α,β-unsaturated/α-hetero) is 1. The van der Waals surface area contributed by atoms with Gasteiger partial charge in [-0.3, -0.25) is 4.79 Å². The van der Waals surface area contributed by atoms with Crippen LogP contribution in [0, 0.1) is 0 Å². The smallest absolute Gasteiger partial charge is 0.220 e. The molecule has 0 unspecified atom stereocenters. The fourth-order valence-electron chi connectivity index (χ4n) is 1.72. The molecule has 0 bridgehead atoms. The van der Waals surface area contributed by atoms with Gasteiger partial charge in [-0.1, -0.05) is 44.2 Å². The monoisotopic (exact) mass is 279 g/mol. The first-order chi connectivity index (χ1) is 9.68. The molecule has 0 radical (unpaired) electrons. The van der Waals surface area contributed by atoms with E-state index in [-0.39, 0.29) is 13.1 Å². The molecule has 1 aromatic rings. The molecule has 20 heavy (non-hydrogen) atoms. The van der Waals surface area contributed by atoms with Crippen molar-refractivity contribution in [2.75, 3.05) is 6.54 Å². The SMILES string of the molecule is CC.CC(=O)CCCCNC(=O)CCc1ccccc1.[HH]. The second-order valence-electron chi connectivity index (χ2n) is 4.49. The summed E-state index contributed by atoms with van der Waals surface area (Å²) < 4.78 is 0. The zero-order chi connectivity index (χ0) is 15.2. The number of hydrogen-bond donors (Lipinski definition) is 1. The number of carbonyl (C=O) groups excluding carboxylic acids is 2. The van der Waals surface area contributed by atoms with Gasteiger partial charge in [0.2, 0.25) is 5.91 Å². The minimum Gasteiger partial charge on any atom is -0.356 e. The number of rotatable bonds is 8. The minimum absolute atomic E-state index is 0. The Hall–Kier alpha value is -1.64. The third-order valence-corrected chi connectivity index (χ3v) is 2.76. The highest BCUT2D eigenvalue weighted by Crippen LogP contribution is 2.02. The van der Waals surface area contributed by atoms with E-state index in [1.807, 2.05) is 44.2 Å². The first kappa shape index (κ1) is 18.4. The molecule has 0 aliphatic heterocycles. The molecule has 0 saturated carbocycles. The Morgan fingerprint density at radius 2 is 1.70 bits per heavy atom. The van der Waals surface area contributed by atoms with Gasteiger partial charge in [-0.2, -0.15) is 0 Å². The zero-order valence-electron chi connectivity index (χ0n) is 12.9. The average Bonchev–Trinajstić information content (AvgIpc) is 2.47. The topological polar surface area (TPSA) is 46.2 Å². The minimum atomic E-state index is 0. The lowest BCUT2D eigenvalue weighted by Crippen LogP contribution is -2.24. The van der Waals surface area contributed by atoms with Gasteiger partial charge < -0.3 is 10.1 Å². The molecule has 0 aromatic heterocycles. The molecule has 114 valence electrons. The van der Waals surface area contributed by atoms with E-state index in [0.29, 0.717) is 19.4 Å². The van der Waals surface area contributed by atoms with Crippen LogP contribution in [0.25, 0.3) is 0 Å². The summed E-state index contributed by atoms with van der Waals surface area (Å²) in [5, 5.41) is 2.88. The molecule has 1 aromatic carbocycles. The van der Waals surface area contributed by atoms with E-state index in [1.165, 1.54) is 5.56 Å². The Morgan fingerprint density at radius 3 is 2.30 bits per heavy atom. The summed E-state index contributed by atoms with van der Waals surface area (Å²) in [4.78, 5) is 22.2. The molecule has 0 atom stereocenters. The average molecular weight is 279 g/mol. The highest BCUT2D eigenvalue weighted by Gasteiger charge is 2.01. The summed E-state index contributed by atoms with van der Waals surface area (Å²) in [6.45, 7) is 6.26. The van der Waals surface area contributed by atoms with Crippen molar-refractivity contribution in [3.8, 4) is 0 Å². The lowest BCUT2D eigenvalue weighted by Gasteiger charge is -2.04. The normalized spacial score (nSPS) is 9.35. The van der Waals surface area contributed by atoms with Crippen LogP contribution in [0.15, 0.2) is 30.3 Å². The highest BCUT2D eigenvalue weighted by atomic mass is 16.1. The van der Waals surface area contributed by atoms with E-state index in [9.17, 15) is 9.59 Å². The third kappa shape index (κ3) is 10.3. The molecule has 3 heteroatoms. The molecule has 1 amide bonds. The van der Waals surface area contributed by atoms with Gasteiger partial charge in [0.1, 0.15) is 5.78 Å². The van der Waals surface area contributed by atoms with Crippen molar-refractivity contribution in [1.82, 2.24) is 5.32 Å². The number of amides is 1. The lowest BCUT2D eigenvalue weighted by molar-refractivity contribution is -0.121. The van der Waals surface area contributed by atoms with E-state index in [1.54, 1.807) is 6.92 Å². The Bertz CT molecular complexity index is 380. The van der Waals surface area contributed by atoms with Crippen LogP contribution in [0.1, 0.15) is 53.4 Å². The maximum Gasteiger partial charge on any atom is 0.220 e. The van der Waals surface area contributed by atoms with Crippen LogP contribution in [0.5, 0.6) is 0 Å². The highest BCUT2D eigenvalue weighted by molar-refractivity contribution is 5.76. The molecule has 0 saturated heterocycles. The number of nitrogens with one attached hydrogen (secondary N) is 1. The summed E-state index contributed by atoms with van der Waals surface area (Å²) in [5.74, 6) is 0.298. The number of ketones is 1. The predicted molar refractivity (Wildman–Crippen MR) is 85.8 cm³/mol. The Labute approximate surface area is 124 Å². The lowest BCUT2D eigenvalue weighted by atomic mass is 10.1. The number of aryl methyl sites for hydroxylation is 1. The quantitative estimate of drug-likeness (QED) is 0.736. The Morgan fingerprint density at radius 1 is 1.05 bits per heavy atom. The maximum atomic E-state index is 11.5. The summed E-state index contributed by atoms with van der Waals surface area (Å²) in [5.41, 5.74) is 1.18. The van der Waals surface area contributed by atoms with Crippen LogP contribution < -0.4 is 5.32 Å². The van der Waals surface area contributed by atoms with Gasteiger partial charge >= 0.3 is 0 Å². The van der Waals surface area contributed by atoms with Gasteiger partial charge in [0.15, 0.2) is 0 Å². The van der Waals surface area contributed by atoms with Gasteiger partial charge in [-0.15, -0.1) is 0 Å². The van der Waals surface area contributed by atoms with Crippen molar-refractivity contribution in [1.29, 1.82) is 0 Å². The number of benzene rings is 1. The van der Waals surface area contributed by atoms with Crippen molar-refractivity contribution in [2.45, 2.75) is 52.9 Å². The van der Waals surface area contributed by atoms with E-state index in [0.717, 1.165) is 19.3 Å². The van der Waals surface area contributed by atoms with Crippen molar-refractivity contribution in [3.63, 3.8) is 0 Å². The molecule has 3 nitrogen and oxygen atoms in total. The number of unbranched alkanes of at least 4 members (excludes halogenated alkanes) is 1. The molecular formula is C17H29NO2. The molecule has 1 rings (SSSR count). The van der Waals surface area contributed by atoms with Gasteiger partial charge in [0.25, 0.3) is 0 Å². The van der Waals surface area contributed by atoms with Gasteiger partial charge in [-0.05, 0) is 31.7 Å². The van der Waals surface area contributed by atoms with E-state index >= 15 is 0 Å². The molecule has 0 aliphatic carbocycles. The summed E-state index contributed by atoms with van der Waals surface area (Å²) >= 11 is 0. The predicted octanol–water partition coefficient (Wildman–Crippen LogP) is 3.77. The van der Waals surface area contributed by atoms with Gasteiger partial charge in [0.05, 0.1) is 0 Å². The van der Waals surface area contributed by atoms with Gasteiger partial charge in [-0.25, -0.2) is 0 Å². The maximum absolute atomic E-state index is 11.5. The van der Waals surface area contributed by atoms with E-state index < -0.39 is 0 Å². The van der Waals surface area contributed by atoms with E-state index in [4.69, 9.17) is 0 Å². The van der Waals surface area contributed by atoms with Gasteiger partial charge in [0, 0.05) is 20.8 Å². The fourth-order valence-corrected chi connectivity index (χ4v) is 1.72. The molecular weight excluding hydrogens is 250 g/mol. The second kappa shape index (κ2) is 12.4. The number of hydrogen-bond acceptors (Lipinski definition) is 2. The zero-order valence-corrected chi connectivity index (χ0v) is 12.9. The number of carbonyl (C=O) groups is 2. The fraction of sp³-hybridized carbons (Fsp3) is 0.529. The van der Waals surface area contributed by atoms with Crippen LogP contribution in [0.3, 0.4) is 0 Å². The van der Waals surface area contributed by atoms with Crippen LogP contribution >= 0.6 is 0 Å². The van der Waals surface area contributed by atoms with Crippen molar-refractivity contribution in [3.05, 3.63) is 35.9 Å². The summed E-state index contributed by atoms with van der Waals surface area (Å²) in [7, 11) is 0. The Balaban J connectivity index is 0. The summed E-state index contributed by atoms with van der Waals surface area (Å²) in [6, 6.07) is 9.99. The summed E-state index contributed by atoms with van der Waals surface area (Å²) in [6.07, 6.45) is 3.64. The molecule has 0 fully saturated rings. The first-order valence-electron chi connectivity index (χ1n) is 7.48. The molecule has 0 aliphatic rings. The standard InChI is InChI=1S/C15H21NO2.C2H6.H2/c1-13(17)7-5-6-12-16-15(18)11-10-14-8-3-2-4-9-14;1-2;/h2-4,8-9H,5-7,10-12H2,1H3,(H,16,18);1-2H3;1H. The van der Waals surface area contributed by atoms with Crippen LogP contribution in [-0.4, -0.2) is 18.2 Å². The van der Waals surface area contributed by atoms with E-state index in [2.05, 4.69) is 5.32 Å². The molecule has 0 spiro atoms. The third-order valence-electron chi connectivity index (χ3n) is 2.76. The van der Waals surface area contributed by atoms with Crippen LogP contribution in [0.4, 0.5) is 0 Å². The second-order valence-corrected chi connectivity index (χ2v) is 4.49. The first-order valence-corrected chi connectivity index (χ1v) is 7.48. The molecule has 1 N–H and O–H groups in total. The Kier molecular flexibility index (Phi) is 11.4. The van der Waals surface area contributed by atoms with Crippen molar-refractivity contribution in [2.24, 2.45) is 0 Å². The van der Waals surface area contributed by atoms with Crippen molar-refractivity contribution < 1.29 is 11.0 Å². The van der Waals surface area contributed by atoms with Crippen molar-refractivity contribution >= 4 is 11.7 Å². The largest absolute Gasteiger partial charge is 0.356 e. The van der Waals surface area contributed by atoms with Crippen LogP contribution in [0.2, 0.25) is 0 Å². The van der Waals surface area contributed by atoms with Crippen LogP contribution in [-0.2, 0) is 16.0 Å².